The van der Waals surface area contributed by atoms with Gasteiger partial charge in [-0.25, -0.2) is 0 Å². The normalized spacial score (nSPS) is 24.1. The smallest absolute Gasteiger partial charge is 0.274 e. The highest BCUT2D eigenvalue weighted by atomic mass is 16.5. The molecule has 1 atom stereocenters. The summed E-state index contributed by atoms with van der Waals surface area (Å²) in [6, 6.07) is 1.94. The Kier molecular flexibility index (Phi) is 4.26. The van der Waals surface area contributed by atoms with Gasteiger partial charge in [0, 0.05) is 45.0 Å². The van der Waals surface area contributed by atoms with Crippen molar-refractivity contribution in [3.05, 3.63) is 17.5 Å². The average molecular weight is 332 g/mol. The molecule has 4 heterocycles. The molecular formula is C17H24N4O3. The fourth-order valence-corrected chi connectivity index (χ4v) is 3.80. The van der Waals surface area contributed by atoms with E-state index in [1.807, 2.05) is 20.5 Å². The summed E-state index contributed by atoms with van der Waals surface area (Å²) in [5, 5.41) is 4.47. The van der Waals surface area contributed by atoms with Crippen LogP contribution in [-0.4, -0.2) is 70.8 Å². The molecule has 1 aromatic rings. The molecule has 24 heavy (non-hydrogen) atoms. The van der Waals surface area contributed by atoms with Crippen LogP contribution in [-0.2, 0) is 22.5 Å². The van der Waals surface area contributed by atoms with Crippen molar-refractivity contribution < 1.29 is 14.3 Å². The lowest BCUT2D eigenvalue weighted by molar-refractivity contribution is -0.137. The first kappa shape index (κ1) is 15.6. The largest absolute Gasteiger partial charge is 0.381 e. The number of rotatable bonds is 2. The van der Waals surface area contributed by atoms with Gasteiger partial charge < -0.3 is 14.5 Å². The second-order valence-electron chi connectivity index (χ2n) is 6.88. The van der Waals surface area contributed by atoms with Gasteiger partial charge in [-0.05, 0) is 31.7 Å². The average Bonchev–Trinajstić information content (AvgIpc) is 3.30. The van der Waals surface area contributed by atoms with Gasteiger partial charge in [-0.1, -0.05) is 0 Å². The van der Waals surface area contributed by atoms with Gasteiger partial charge >= 0.3 is 0 Å². The Bertz CT molecular complexity index is 604. The standard InChI is InChI=1S/C17H24N4O3/c22-16(13-4-10-24-12-13)19-6-8-20(9-7-19)17(23)15-11-14-3-1-2-5-21(14)18-15/h11,13H,1-10,12H2. The Balaban J connectivity index is 1.36. The van der Waals surface area contributed by atoms with Crippen LogP contribution in [0.4, 0.5) is 0 Å². The van der Waals surface area contributed by atoms with E-state index in [0.29, 0.717) is 45.1 Å². The second-order valence-corrected chi connectivity index (χ2v) is 6.88. The van der Waals surface area contributed by atoms with Crippen LogP contribution < -0.4 is 0 Å². The van der Waals surface area contributed by atoms with Crippen LogP contribution in [0.5, 0.6) is 0 Å². The number of piperazine rings is 1. The lowest BCUT2D eigenvalue weighted by atomic mass is 10.1. The van der Waals surface area contributed by atoms with Crippen LogP contribution in [0, 0.1) is 5.92 Å². The first-order valence-electron chi connectivity index (χ1n) is 8.95. The zero-order valence-corrected chi connectivity index (χ0v) is 13.9. The number of fused-ring (bicyclic) bond motifs is 1. The summed E-state index contributed by atoms with van der Waals surface area (Å²) in [6.45, 7) is 4.51. The summed E-state index contributed by atoms with van der Waals surface area (Å²) in [5.41, 5.74) is 1.72. The van der Waals surface area contributed by atoms with Crippen LogP contribution in [0.1, 0.15) is 35.4 Å². The number of hydrogen-bond acceptors (Lipinski definition) is 4. The van der Waals surface area contributed by atoms with Gasteiger partial charge in [0.15, 0.2) is 5.69 Å². The van der Waals surface area contributed by atoms with Gasteiger partial charge in [-0.2, -0.15) is 5.10 Å². The van der Waals surface area contributed by atoms with E-state index in [1.54, 1.807) is 0 Å². The SMILES string of the molecule is O=C(c1cc2n(n1)CCCC2)N1CCN(C(=O)C2CCOC2)CC1. The van der Waals surface area contributed by atoms with E-state index in [-0.39, 0.29) is 17.7 Å². The molecule has 0 aromatic carbocycles. The van der Waals surface area contributed by atoms with Crippen molar-refractivity contribution in [3.63, 3.8) is 0 Å². The van der Waals surface area contributed by atoms with E-state index in [0.717, 1.165) is 25.8 Å². The first-order valence-corrected chi connectivity index (χ1v) is 8.95. The Morgan fingerprint density at radius 1 is 1.08 bits per heavy atom. The fourth-order valence-electron chi connectivity index (χ4n) is 3.80. The summed E-state index contributed by atoms with van der Waals surface area (Å²) >= 11 is 0. The minimum absolute atomic E-state index is 0.00630. The molecule has 1 aromatic heterocycles. The van der Waals surface area contributed by atoms with Crippen molar-refractivity contribution in [2.45, 2.75) is 32.2 Å². The second kappa shape index (κ2) is 6.55. The predicted molar refractivity (Wildman–Crippen MR) is 86.6 cm³/mol. The molecule has 0 bridgehead atoms. The molecule has 3 aliphatic rings. The third kappa shape index (κ3) is 2.92. The number of aromatic nitrogens is 2. The number of amides is 2. The van der Waals surface area contributed by atoms with E-state index in [4.69, 9.17) is 4.74 Å². The number of nitrogens with zero attached hydrogens (tertiary/aromatic N) is 4. The van der Waals surface area contributed by atoms with E-state index < -0.39 is 0 Å². The first-order chi connectivity index (χ1) is 11.7. The van der Waals surface area contributed by atoms with E-state index in [2.05, 4.69) is 5.10 Å². The van der Waals surface area contributed by atoms with Crippen molar-refractivity contribution in [2.75, 3.05) is 39.4 Å². The molecule has 0 saturated carbocycles. The monoisotopic (exact) mass is 332 g/mol. The molecule has 3 aliphatic heterocycles. The molecule has 0 N–H and O–H groups in total. The third-order valence-corrected chi connectivity index (χ3v) is 5.29. The third-order valence-electron chi connectivity index (χ3n) is 5.29. The molecule has 2 fully saturated rings. The van der Waals surface area contributed by atoms with Crippen molar-refractivity contribution in [1.82, 2.24) is 19.6 Å². The zero-order valence-electron chi connectivity index (χ0n) is 13.9. The molecule has 2 amide bonds. The quantitative estimate of drug-likeness (QED) is 0.793. The minimum Gasteiger partial charge on any atom is -0.381 e. The predicted octanol–water partition coefficient (Wildman–Crippen LogP) is 0.540. The van der Waals surface area contributed by atoms with Gasteiger partial charge in [-0.3, -0.25) is 14.3 Å². The molecule has 0 aliphatic carbocycles. The molecule has 4 rings (SSSR count). The maximum atomic E-state index is 12.7. The number of hydrogen-bond donors (Lipinski definition) is 0. The van der Waals surface area contributed by atoms with Crippen molar-refractivity contribution in [1.29, 1.82) is 0 Å². The molecular weight excluding hydrogens is 308 g/mol. The van der Waals surface area contributed by atoms with Crippen molar-refractivity contribution in [3.8, 4) is 0 Å². The summed E-state index contributed by atoms with van der Waals surface area (Å²) < 4.78 is 7.27. The summed E-state index contributed by atoms with van der Waals surface area (Å²) in [4.78, 5) is 28.8. The highest BCUT2D eigenvalue weighted by molar-refractivity contribution is 5.92. The van der Waals surface area contributed by atoms with Crippen LogP contribution in [0.3, 0.4) is 0 Å². The van der Waals surface area contributed by atoms with Crippen LogP contribution in [0.15, 0.2) is 6.07 Å². The highest BCUT2D eigenvalue weighted by Crippen LogP contribution is 2.19. The van der Waals surface area contributed by atoms with E-state index >= 15 is 0 Å². The summed E-state index contributed by atoms with van der Waals surface area (Å²) in [7, 11) is 0. The highest BCUT2D eigenvalue weighted by Gasteiger charge is 2.32. The fraction of sp³-hybridized carbons (Fsp3) is 0.706. The van der Waals surface area contributed by atoms with Gasteiger partial charge in [-0.15, -0.1) is 0 Å². The van der Waals surface area contributed by atoms with Crippen LogP contribution in [0.2, 0.25) is 0 Å². The van der Waals surface area contributed by atoms with E-state index in [1.165, 1.54) is 12.1 Å². The number of carbonyl (C=O) groups is 2. The molecule has 2 saturated heterocycles. The number of ether oxygens (including phenoxy) is 1. The van der Waals surface area contributed by atoms with Gasteiger partial charge in [0.1, 0.15) is 0 Å². The molecule has 1 unspecified atom stereocenters. The lowest BCUT2D eigenvalue weighted by Crippen LogP contribution is -2.52. The molecule has 130 valence electrons. The van der Waals surface area contributed by atoms with Gasteiger partial charge in [0.2, 0.25) is 5.91 Å². The Morgan fingerprint density at radius 2 is 1.88 bits per heavy atom. The maximum Gasteiger partial charge on any atom is 0.274 e. The van der Waals surface area contributed by atoms with Crippen LogP contribution in [0.25, 0.3) is 0 Å². The summed E-state index contributed by atoms with van der Waals surface area (Å²) in [6.07, 6.45) is 4.13. The Labute approximate surface area is 141 Å². The maximum absolute atomic E-state index is 12.7. The number of aryl methyl sites for hydroxylation is 2. The van der Waals surface area contributed by atoms with Crippen molar-refractivity contribution >= 4 is 11.8 Å². The topological polar surface area (TPSA) is 67.7 Å². The number of carbonyl (C=O) groups excluding carboxylic acids is 2. The molecule has 0 radical (unpaired) electrons. The summed E-state index contributed by atoms with van der Waals surface area (Å²) in [5.74, 6) is 0.178. The molecule has 0 spiro atoms. The lowest BCUT2D eigenvalue weighted by Gasteiger charge is -2.35. The Hall–Kier alpha value is -1.89. The van der Waals surface area contributed by atoms with Crippen LogP contribution >= 0.6 is 0 Å². The van der Waals surface area contributed by atoms with Crippen molar-refractivity contribution in [2.24, 2.45) is 5.92 Å². The zero-order chi connectivity index (χ0) is 16.5. The van der Waals surface area contributed by atoms with Gasteiger partial charge in [0.05, 0.1) is 12.5 Å². The minimum atomic E-state index is -0.00630. The van der Waals surface area contributed by atoms with E-state index in [9.17, 15) is 9.59 Å². The Morgan fingerprint density at radius 3 is 2.58 bits per heavy atom. The molecule has 7 nitrogen and oxygen atoms in total. The molecule has 7 heteroatoms. The van der Waals surface area contributed by atoms with Gasteiger partial charge in [0.25, 0.3) is 5.91 Å².